The Balaban J connectivity index is 1.68. The van der Waals surface area contributed by atoms with E-state index in [9.17, 15) is 0 Å². The molecule has 1 saturated heterocycles. The Kier molecular flexibility index (Phi) is 5.04. The van der Waals surface area contributed by atoms with Crippen molar-refractivity contribution < 1.29 is 4.74 Å². The number of ether oxygens (including phenoxy) is 1. The number of hydrogen-bond donors (Lipinski definition) is 1. The lowest BCUT2D eigenvalue weighted by molar-refractivity contribution is -0.128. The summed E-state index contributed by atoms with van der Waals surface area (Å²) in [5.41, 5.74) is 6.38. The van der Waals surface area contributed by atoms with Gasteiger partial charge in [0.05, 0.1) is 5.60 Å². The van der Waals surface area contributed by atoms with Gasteiger partial charge in [0.25, 0.3) is 0 Å². The number of rotatable bonds is 2. The Morgan fingerprint density at radius 3 is 2.45 bits per heavy atom. The smallest absolute Gasteiger partial charge is 0.0685 e. The summed E-state index contributed by atoms with van der Waals surface area (Å²) < 4.78 is 6.30. The summed E-state index contributed by atoms with van der Waals surface area (Å²) in [6, 6.07) is 0. The second-order valence-corrected chi connectivity index (χ2v) is 7.64. The average Bonchev–Trinajstić information content (AvgIpc) is 2.73. The van der Waals surface area contributed by atoms with Crippen molar-refractivity contribution in [2.45, 2.75) is 82.7 Å². The lowest BCUT2D eigenvalue weighted by Crippen LogP contribution is -2.44. The molecule has 1 spiro atoms. The van der Waals surface area contributed by atoms with Gasteiger partial charge >= 0.3 is 0 Å². The van der Waals surface area contributed by atoms with Gasteiger partial charge in [-0.2, -0.15) is 0 Å². The van der Waals surface area contributed by atoms with Crippen molar-refractivity contribution in [1.82, 2.24) is 0 Å². The van der Waals surface area contributed by atoms with Gasteiger partial charge < -0.3 is 10.5 Å². The van der Waals surface area contributed by atoms with Gasteiger partial charge in [-0.05, 0) is 62.8 Å². The van der Waals surface area contributed by atoms with Crippen molar-refractivity contribution in [1.29, 1.82) is 0 Å². The molecule has 3 fully saturated rings. The van der Waals surface area contributed by atoms with Crippen LogP contribution >= 0.6 is 0 Å². The third kappa shape index (κ3) is 3.22. The first-order valence-electron chi connectivity index (χ1n) is 9.17. The molecule has 0 bridgehead atoms. The van der Waals surface area contributed by atoms with Crippen LogP contribution in [0.5, 0.6) is 0 Å². The molecular formula is C18H33NO. The molecule has 3 rings (SSSR count). The first-order valence-corrected chi connectivity index (χ1v) is 9.17. The molecule has 0 aromatic heterocycles. The predicted molar refractivity (Wildman–Crippen MR) is 83.6 cm³/mol. The highest BCUT2D eigenvalue weighted by molar-refractivity contribution is 4.93. The van der Waals surface area contributed by atoms with Crippen LogP contribution in [0.2, 0.25) is 0 Å². The van der Waals surface area contributed by atoms with Gasteiger partial charge in [-0.1, -0.05) is 38.5 Å². The summed E-state index contributed by atoms with van der Waals surface area (Å²) in [7, 11) is 0. The summed E-state index contributed by atoms with van der Waals surface area (Å²) in [4.78, 5) is 0. The molecule has 3 unspecified atom stereocenters. The second-order valence-electron chi connectivity index (χ2n) is 7.64. The third-order valence-corrected chi connectivity index (χ3v) is 6.42. The molecule has 0 aromatic rings. The number of hydrogen-bond acceptors (Lipinski definition) is 2. The van der Waals surface area contributed by atoms with E-state index >= 15 is 0 Å². The highest BCUT2D eigenvalue weighted by Crippen LogP contribution is 2.46. The Bertz CT molecular complexity index is 292. The fourth-order valence-corrected chi connectivity index (χ4v) is 5.30. The average molecular weight is 279 g/mol. The molecule has 1 heterocycles. The Morgan fingerprint density at radius 1 is 0.900 bits per heavy atom. The normalized spacial score (nSPS) is 38.5. The fourth-order valence-electron chi connectivity index (χ4n) is 5.30. The minimum absolute atomic E-state index is 0.270. The Labute approximate surface area is 124 Å². The molecule has 3 aliphatic rings. The molecule has 116 valence electrons. The molecule has 3 atom stereocenters. The molecule has 2 nitrogen and oxygen atoms in total. The standard InChI is InChI=1S/C18H33NO/c19-14-16-7-3-1-4-8-17(16)15-9-12-20-18(13-15)10-5-2-6-11-18/h15-17H,1-14,19H2. The van der Waals surface area contributed by atoms with Crippen molar-refractivity contribution in [3.05, 3.63) is 0 Å². The lowest BCUT2D eigenvalue weighted by Gasteiger charge is -2.46. The van der Waals surface area contributed by atoms with E-state index in [4.69, 9.17) is 10.5 Å². The molecular weight excluding hydrogens is 246 g/mol. The molecule has 2 aliphatic carbocycles. The van der Waals surface area contributed by atoms with Crippen molar-refractivity contribution >= 4 is 0 Å². The van der Waals surface area contributed by atoms with Crippen LogP contribution < -0.4 is 5.73 Å². The molecule has 2 saturated carbocycles. The highest BCUT2D eigenvalue weighted by Gasteiger charge is 2.42. The topological polar surface area (TPSA) is 35.2 Å². The first kappa shape index (κ1) is 14.8. The maximum atomic E-state index is 6.30. The minimum atomic E-state index is 0.270. The summed E-state index contributed by atoms with van der Waals surface area (Å²) in [6.07, 6.45) is 16.6. The highest BCUT2D eigenvalue weighted by atomic mass is 16.5. The van der Waals surface area contributed by atoms with Crippen LogP contribution in [0.3, 0.4) is 0 Å². The minimum Gasteiger partial charge on any atom is -0.375 e. The summed E-state index contributed by atoms with van der Waals surface area (Å²) in [5.74, 6) is 2.58. The van der Waals surface area contributed by atoms with Gasteiger partial charge in [0.2, 0.25) is 0 Å². The van der Waals surface area contributed by atoms with Crippen LogP contribution in [0, 0.1) is 17.8 Å². The van der Waals surface area contributed by atoms with Gasteiger partial charge in [0.15, 0.2) is 0 Å². The summed E-state index contributed by atoms with van der Waals surface area (Å²) >= 11 is 0. The lowest BCUT2D eigenvalue weighted by atomic mass is 9.68. The van der Waals surface area contributed by atoms with Crippen molar-refractivity contribution in [3.63, 3.8) is 0 Å². The zero-order valence-corrected chi connectivity index (χ0v) is 13.1. The maximum absolute atomic E-state index is 6.30. The zero-order valence-electron chi connectivity index (χ0n) is 13.1. The molecule has 1 aliphatic heterocycles. The van der Waals surface area contributed by atoms with Gasteiger partial charge in [-0.25, -0.2) is 0 Å². The van der Waals surface area contributed by atoms with Gasteiger partial charge in [-0.3, -0.25) is 0 Å². The molecule has 0 aromatic carbocycles. The SMILES string of the molecule is NCC1CCCCCC1C1CCOC2(CCCCC2)C1. The van der Waals surface area contributed by atoms with E-state index in [0.717, 1.165) is 30.9 Å². The first-order chi connectivity index (χ1) is 9.83. The van der Waals surface area contributed by atoms with Gasteiger partial charge in [0, 0.05) is 6.61 Å². The van der Waals surface area contributed by atoms with E-state index in [-0.39, 0.29) is 5.60 Å². The molecule has 0 amide bonds. The Morgan fingerprint density at radius 2 is 1.65 bits per heavy atom. The van der Waals surface area contributed by atoms with Gasteiger partial charge in [-0.15, -0.1) is 0 Å². The fraction of sp³-hybridized carbons (Fsp3) is 1.00. The predicted octanol–water partition coefficient (Wildman–Crippen LogP) is 4.27. The zero-order chi connectivity index (χ0) is 13.8. The van der Waals surface area contributed by atoms with Crippen molar-refractivity contribution in [2.24, 2.45) is 23.5 Å². The summed E-state index contributed by atoms with van der Waals surface area (Å²) in [5, 5.41) is 0. The monoisotopic (exact) mass is 279 g/mol. The van der Waals surface area contributed by atoms with E-state index < -0.39 is 0 Å². The molecule has 20 heavy (non-hydrogen) atoms. The third-order valence-electron chi connectivity index (χ3n) is 6.42. The van der Waals surface area contributed by atoms with Crippen LogP contribution in [-0.2, 0) is 4.74 Å². The van der Waals surface area contributed by atoms with E-state index in [2.05, 4.69) is 0 Å². The van der Waals surface area contributed by atoms with Crippen molar-refractivity contribution in [3.8, 4) is 0 Å². The van der Waals surface area contributed by atoms with Crippen LogP contribution in [0.25, 0.3) is 0 Å². The van der Waals surface area contributed by atoms with E-state index in [1.165, 1.54) is 77.0 Å². The number of nitrogens with two attached hydrogens (primary N) is 1. The van der Waals surface area contributed by atoms with Crippen LogP contribution in [0.15, 0.2) is 0 Å². The van der Waals surface area contributed by atoms with E-state index in [1.54, 1.807) is 0 Å². The molecule has 2 N–H and O–H groups in total. The largest absolute Gasteiger partial charge is 0.375 e. The quantitative estimate of drug-likeness (QED) is 0.766. The Hall–Kier alpha value is -0.0800. The molecule has 2 heteroatoms. The van der Waals surface area contributed by atoms with Gasteiger partial charge in [0.1, 0.15) is 0 Å². The molecule has 0 radical (unpaired) electrons. The van der Waals surface area contributed by atoms with Crippen LogP contribution in [0.4, 0.5) is 0 Å². The van der Waals surface area contributed by atoms with E-state index in [0.29, 0.717) is 0 Å². The maximum Gasteiger partial charge on any atom is 0.0685 e. The van der Waals surface area contributed by atoms with Crippen molar-refractivity contribution in [2.75, 3.05) is 13.2 Å². The van der Waals surface area contributed by atoms with E-state index in [1.807, 2.05) is 0 Å². The second kappa shape index (κ2) is 6.79. The summed E-state index contributed by atoms with van der Waals surface area (Å²) in [6.45, 7) is 1.92. The van der Waals surface area contributed by atoms with Crippen LogP contribution in [-0.4, -0.2) is 18.8 Å². The van der Waals surface area contributed by atoms with Crippen LogP contribution in [0.1, 0.15) is 77.0 Å².